The number of H-pyrrole nitrogens is 1. The summed E-state index contributed by atoms with van der Waals surface area (Å²) >= 11 is 0. The number of likely N-dealkylation sites (tertiary alicyclic amines) is 1. The molecule has 2 unspecified atom stereocenters. The molecule has 0 radical (unpaired) electrons. The van der Waals surface area contributed by atoms with Gasteiger partial charge in [0, 0.05) is 44.2 Å². The minimum atomic E-state index is -4.63. The van der Waals surface area contributed by atoms with E-state index in [1.807, 2.05) is 0 Å². The van der Waals surface area contributed by atoms with E-state index >= 15 is 0 Å². The molecule has 1 aliphatic heterocycles. The highest BCUT2D eigenvalue weighted by atomic mass is 19.4. The minimum absolute atomic E-state index is 0.0440. The number of aliphatic hydroxyl groups excluding tert-OH is 1. The zero-order valence-electron chi connectivity index (χ0n) is 11.4. The lowest BCUT2D eigenvalue weighted by molar-refractivity contribution is -0.223. The van der Waals surface area contributed by atoms with Crippen LogP contribution in [0.4, 0.5) is 13.2 Å². The van der Waals surface area contributed by atoms with Gasteiger partial charge in [-0.25, -0.2) is 4.98 Å². The first-order valence-corrected chi connectivity index (χ1v) is 6.88. The van der Waals surface area contributed by atoms with Crippen molar-refractivity contribution in [2.24, 2.45) is 5.92 Å². The SMILES string of the molecule is O=C(CCc1ncc[nH]1)N1CCCC(C(O)C(F)(F)F)C1. The molecule has 8 heteroatoms. The maximum absolute atomic E-state index is 12.5. The molecular weight excluding hydrogens is 287 g/mol. The Morgan fingerprint density at radius 3 is 2.95 bits per heavy atom. The molecule has 1 fully saturated rings. The minimum Gasteiger partial charge on any atom is -0.383 e. The van der Waals surface area contributed by atoms with E-state index < -0.39 is 18.2 Å². The number of halogens is 3. The van der Waals surface area contributed by atoms with Crippen molar-refractivity contribution in [2.75, 3.05) is 13.1 Å². The summed E-state index contributed by atoms with van der Waals surface area (Å²) in [5.41, 5.74) is 0. The van der Waals surface area contributed by atoms with Gasteiger partial charge in [-0.15, -0.1) is 0 Å². The van der Waals surface area contributed by atoms with Crippen molar-refractivity contribution in [2.45, 2.75) is 38.0 Å². The molecule has 1 saturated heterocycles. The van der Waals surface area contributed by atoms with Gasteiger partial charge in [-0.3, -0.25) is 4.79 Å². The molecule has 0 aliphatic carbocycles. The predicted molar refractivity (Wildman–Crippen MR) is 68.3 cm³/mol. The first kappa shape index (κ1) is 15.8. The van der Waals surface area contributed by atoms with E-state index in [2.05, 4.69) is 9.97 Å². The van der Waals surface area contributed by atoms with Crippen molar-refractivity contribution in [3.05, 3.63) is 18.2 Å². The van der Waals surface area contributed by atoms with Crippen molar-refractivity contribution in [1.29, 1.82) is 0 Å². The van der Waals surface area contributed by atoms with Gasteiger partial charge in [0.1, 0.15) is 5.82 Å². The number of alkyl halides is 3. The van der Waals surface area contributed by atoms with Crippen LogP contribution in [-0.4, -0.2) is 51.3 Å². The van der Waals surface area contributed by atoms with Crippen molar-refractivity contribution >= 4 is 5.91 Å². The van der Waals surface area contributed by atoms with Gasteiger partial charge in [0.2, 0.25) is 5.91 Å². The molecule has 21 heavy (non-hydrogen) atoms. The highest BCUT2D eigenvalue weighted by molar-refractivity contribution is 5.76. The first-order chi connectivity index (χ1) is 9.88. The molecule has 0 saturated carbocycles. The fourth-order valence-corrected chi connectivity index (χ4v) is 2.58. The molecule has 0 spiro atoms. The number of nitrogens with zero attached hydrogens (tertiary/aromatic N) is 2. The summed E-state index contributed by atoms with van der Waals surface area (Å²) in [6.45, 7) is 0.399. The third kappa shape index (κ3) is 4.20. The Kier molecular flexibility index (Phi) is 4.87. The van der Waals surface area contributed by atoms with Crippen LogP contribution in [-0.2, 0) is 11.2 Å². The molecule has 0 bridgehead atoms. The monoisotopic (exact) mass is 305 g/mol. The lowest BCUT2D eigenvalue weighted by Gasteiger charge is -2.35. The first-order valence-electron chi connectivity index (χ1n) is 6.88. The van der Waals surface area contributed by atoms with Crippen molar-refractivity contribution in [3.63, 3.8) is 0 Å². The fourth-order valence-electron chi connectivity index (χ4n) is 2.58. The molecule has 2 heterocycles. The summed E-state index contributed by atoms with van der Waals surface area (Å²) in [4.78, 5) is 20.3. The number of hydrogen-bond acceptors (Lipinski definition) is 3. The number of carbonyl (C=O) groups is 1. The molecule has 2 rings (SSSR count). The van der Waals surface area contributed by atoms with E-state index in [1.165, 1.54) is 4.90 Å². The molecule has 2 N–H and O–H groups in total. The maximum Gasteiger partial charge on any atom is 0.414 e. The van der Waals surface area contributed by atoms with E-state index in [9.17, 15) is 23.1 Å². The Labute approximate surface area is 120 Å². The number of carbonyl (C=O) groups excluding carboxylic acids is 1. The second-order valence-corrected chi connectivity index (χ2v) is 5.26. The van der Waals surface area contributed by atoms with E-state index in [0.717, 1.165) is 0 Å². The van der Waals surface area contributed by atoms with Crippen LogP contribution in [0.3, 0.4) is 0 Å². The summed E-state index contributed by atoms with van der Waals surface area (Å²) in [6.07, 6.45) is -2.39. The second-order valence-electron chi connectivity index (χ2n) is 5.26. The Morgan fingerprint density at radius 2 is 2.33 bits per heavy atom. The van der Waals surface area contributed by atoms with Crippen molar-refractivity contribution < 1.29 is 23.1 Å². The van der Waals surface area contributed by atoms with Gasteiger partial charge in [-0.2, -0.15) is 13.2 Å². The maximum atomic E-state index is 12.5. The number of amides is 1. The molecule has 2 atom stereocenters. The van der Waals surface area contributed by atoms with Gasteiger partial charge in [-0.05, 0) is 12.8 Å². The lowest BCUT2D eigenvalue weighted by Crippen LogP contribution is -2.47. The third-order valence-electron chi connectivity index (χ3n) is 3.72. The number of piperidine rings is 1. The number of hydrogen-bond donors (Lipinski definition) is 2. The smallest absolute Gasteiger partial charge is 0.383 e. The van der Waals surface area contributed by atoms with E-state index in [-0.39, 0.29) is 25.3 Å². The average Bonchev–Trinajstić information content (AvgIpc) is 2.96. The Hall–Kier alpha value is -1.57. The topological polar surface area (TPSA) is 69.2 Å². The molecular formula is C13H18F3N3O2. The molecule has 5 nitrogen and oxygen atoms in total. The zero-order valence-corrected chi connectivity index (χ0v) is 11.4. The number of rotatable bonds is 4. The van der Waals surface area contributed by atoms with Crippen LogP contribution in [0.1, 0.15) is 25.1 Å². The zero-order chi connectivity index (χ0) is 15.5. The Bertz CT molecular complexity index is 462. The molecule has 118 valence electrons. The largest absolute Gasteiger partial charge is 0.414 e. The van der Waals surface area contributed by atoms with Gasteiger partial charge in [-0.1, -0.05) is 0 Å². The summed E-state index contributed by atoms with van der Waals surface area (Å²) < 4.78 is 37.6. The van der Waals surface area contributed by atoms with Crippen molar-refractivity contribution in [1.82, 2.24) is 14.9 Å². The molecule has 1 aromatic rings. The Balaban J connectivity index is 1.86. The number of nitrogens with one attached hydrogen (secondary N) is 1. The Morgan fingerprint density at radius 1 is 1.57 bits per heavy atom. The van der Waals surface area contributed by atoms with E-state index in [0.29, 0.717) is 25.2 Å². The number of aromatic amines is 1. The summed E-state index contributed by atoms with van der Waals surface area (Å²) in [5, 5.41) is 9.31. The van der Waals surface area contributed by atoms with Crippen molar-refractivity contribution in [3.8, 4) is 0 Å². The van der Waals surface area contributed by atoms with Gasteiger partial charge >= 0.3 is 6.18 Å². The highest BCUT2D eigenvalue weighted by Gasteiger charge is 2.44. The van der Waals surface area contributed by atoms with Crippen LogP contribution in [0.15, 0.2) is 12.4 Å². The summed E-state index contributed by atoms with van der Waals surface area (Å²) in [5.74, 6) is -0.468. The lowest BCUT2D eigenvalue weighted by atomic mass is 9.92. The van der Waals surface area contributed by atoms with Crippen LogP contribution in [0, 0.1) is 5.92 Å². The summed E-state index contributed by atoms with van der Waals surface area (Å²) in [6, 6.07) is 0. The standard InChI is InChI=1S/C13H18F3N3O2/c14-13(15,16)12(21)9-2-1-7-19(8-9)11(20)4-3-10-17-5-6-18-10/h5-6,9,12,21H,1-4,7-8H2,(H,17,18). The summed E-state index contributed by atoms with van der Waals surface area (Å²) in [7, 11) is 0. The quantitative estimate of drug-likeness (QED) is 0.886. The van der Waals surface area contributed by atoms with E-state index in [4.69, 9.17) is 0 Å². The average molecular weight is 305 g/mol. The van der Waals surface area contributed by atoms with Gasteiger partial charge in [0.25, 0.3) is 0 Å². The number of imidazole rings is 1. The van der Waals surface area contributed by atoms with Crippen LogP contribution in [0.5, 0.6) is 0 Å². The normalized spacial score (nSPS) is 21.3. The molecule has 1 aliphatic rings. The van der Waals surface area contributed by atoms with Crippen LogP contribution >= 0.6 is 0 Å². The van der Waals surface area contributed by atoms with Gasteiger partial charge in [0.15, 0.2) is 6.10 Å². The van der Waals surface area contributed by atoms with Crippen LogP contribution < -0.4 is 0 Å². The molecule has 1 aromatic heterocycles. The van der Waals surface area contributed by atoms with Crippen LogP contribution in [0.25, 0.3) is 0 Å². The number of aliphatic hydroxyl groups is 1. The highest BCUT2D eigenvalue weighted by Crippen LogP contribution is 2.31. The molecule has 1 amide bonds. The fraction of sp³-hybridized carbons (Fsp3) is 0.692. The van der Waals surface area contributed by atoms with Crippen LogP contribution in [0.2, 0.25) is 0 Å². The third-order valence-corrected chi connectivity index (χ3v) is 3.72. The second kappa shape index (κ2) is 6.46. The number of aromatic nitrogens is 2. The van der Waals surface area contributed by atoms with E-state index in [1.54, 1.807) is 12.4 Å². The number of aryl methyl sites for hydroxylation is 1. The molecule has 0 aromatic carbocycles. The van der Waals surface area contributed by atoms with Gasteiger partial charge in [0.05, 0.1) is 0 Å². The predicted octanol–water partition coefficient (Wildman–Crippen LogP) is 1.50. The van der Waals surface area contributed by atoms with Gasteiger partial charge < -0.3 is 15.0 Å².